The van der Waals surface area contributed by atoms with Crippen LogP contribution in [0.1, 0.15) is 5.56 Å². The number of hydrogen-bond acceptors (Lipinski definition) is 5. The standard InChI is InChI=1S/C27H23F3N6O3/c1-17-4-2-6-20-25(17)36(23-8-7-18(12-32-23)19-5-3-9-34-16-31-13-21(19)34)26(38)35(20)15-24(37)33-10-11-39-22(14-33)27(28,29)30/h2-9,12-13,16,22H,10-11,14-15H2,1H3. The van der Waals surface area contributed by atoms with Crippen molar-refractivity contribution in [2.75, 3.05) is 19.7 Å². The van der Waals surface area contributed by atoms with E-state index in [1.54, 1.807) is 36.9 Å². The fourth-order valence-electron chi connectivity index (χ4n) is 5.02. The molecule has 0 bridgehead atoms. The number of carbonyl (C=O) groups is 1. The first-order valence-electron chi connectivity index (χ1n) is 12.3. The van der Waals surface area contributed by atoms with Crippen molar-refractivity contribution in [1.82, 2.24) is 28.4 Å². The van der Waals surface area contributed by atoms with Crippen molar-refractivity contribution in [3.05, 3.63) is 83.4 Å². The molecule has 200 valence electrons. The van der Waals surface area contributed by atoms with Crippen LogP contribution in [0.4, 0.5) is 13.2 Å². The number of pyridine rings is 2. The highest BCUT2D eigenvalue weighted by atomic mass is 19.4. The minimum atomic E-state index is -4.58. The van der Waals surface area contributed by atoms with Crippen LogP contribution in [0.15, 0.2) is 72.2 Å². The molecule has 1 unspecified atom stereocenters. The van der Waals surface area contributed by atoms with E-state index in [0.29, 0.717) is 16.9 Å². The van der Waals surface area contributed by atoms with Gasteiger partial charge < -0.3 is 14.0 Å². The summed E-state index contributed by atoms with van der Waals surface area (Å²) in [4.78, 5) is 36.6. The van der Waals surface area contributed by atoms with E-state index in [1.165, 1.54) is 9.13 Å². The number of ether oxygens (including phenoxy) is 1. The molecule has 1 amide bonds. The van der Waals surface area contributed by atoms with Crippen LogP contribution in [0.25, 0.3) is 33.5 Å². The zero-order chi connectivity index (χ0) is 27.3. The molecule has 1 aliphatic heterocycles. The molecule has 9 nitrogen and oxygen atoms in total. The zero-order valence-electron chi connectivity index (χ0n) is 20.8. The number of benzene rings is 1. The predicted molar refractivity (Wildman–Crippen MR) is 137 cm³/mol. The Labute approximate surface area is 219 Å². The van der Waals surface area contributed by atoms with Crippen molar-refractivity contribution < 1.29 is 22.7 Å². The zero-order valence-corrected chi connectivity index (χ0v) is 20.8. The number of morpholine rings is 1. The summed E-state index contributed by atoms with van der Waals surface area (Å²) in [7, 11) is 0. The molecule has 1 fully saturated rings. The summed E-state index contributed by atoms with van der Waals surface area (Å²) in [5, 5.41) is 0. The van der Waals surface area contributed by atoms with Crippen LogP contribution in [-0.4, -0.2) is 66.3 Å². The van der Waals surface area contributed by atoms with Gasteiger partial charge in [-0.2, -0.15) is 13.2 Å². The van der Waals surface area contributed by atoms with Crippen LogP contribution in [0.5, 0.6) is 0 Å². The van der Waals surface area contributed by atoms with Crippen molar-refractivity contribution in [3.8, 4) is 16.9 Å². The molecule has 0 radical (unpaired) electrons. The first kappa shape index (κ1) is 24.9. The highest BCUT2D eigenvalue weighted by Crippen LogP contribution is 2.27. The summed E-state index contributed by atoms with van der Waals surface area (Å²) in [6.07, 6.45) is 0.400. The summed E-state index contributed by atoms with van der Waals surface area (Å²) in [6.45, 7) is 0.619. The Bertz CT molecular complexity index is 1750. The molecule has 0 spiro atoms. The van der Waals surface area contributed by atoms with Crippen LogP contribution < -0.4 is 5.69 Å². The van der Waals surface area contributed by atoms with E-state index in [4.69, 9.17) is 4.74 Å². The molecule has 0 saturated carbocycles. The van der Waals surface area contributed by atoms with E-state index in [-0.39, 0.29) is 13.2 Å². The monoisotopic (exact) mass is 536 g/mol. The number of carbonyl (C=O) groups excluding carboxylic acids is 1. The van der Waals surface area contributed by atoms with Crippen molar-refractivity contribution in [3.63, 3.8) is 0 Å². The topological polar surface area (TPSA) is 86.7 Å². The van der Waals surface area contributed by atoms with Crippen molar-refractivity contribution >= 4 is 22.5 Å². The molecular formula is C27H23F3N6O3. The van der Waals surface area contributed by atoms with Crippen molar-refractivity contribution in [2.45, 2.75) is 25.7 Å². The van der Waals surface area contributed by atoms with Gasteiger partial charge in [0, 0.05) is 30.1 Å². The highest BCUT2D eigenvalue weighted by molar-refractivity contribution is 5.84. The maximum absolute atomic E-state index is 13.7. The van der Waals surface area contributed by atoms with Gasteiger partial charge in [0.25, 0.3) is 0 Å². The number of amides is 1. The Morgan fingerprint density at radius 3 is 2.72 bits per heavy atom. The normalized spacial score (nSPS) is 16.3. The molecule has 0 N–H and O–H groups in total. The van der Waals surface area contributed by atoms with Gasteiger partial charge in [-0.3, -0.25) is 9.36 Å². The van der Waals surface area contributed by atoms with Gasteiger partial charge in [0.2, 0.25) is 5.91 Å². The Hall–Kier alpha value is -4.45. The van der Waals surface area contributed by atoms with Gasteiger partial charge in [-0.15, -0.1) is 0 Å². The summed E-state index contributed by atoms with van der Waals surface area (Å²) < 4.78 is 48.9. The van der Waals surface area contributed by atoms with E-state index >= 15 is 0 Å². The minimum absolute atomic E-state index is 0.0186. The van der Waals surface area contributed by atoms with Gasteiger partial charge in [-0.05, 0) is 36.8 Å². The van der Waals surface area contributed by atoms with Crippen molar-refractivity contribution in [1.29, 1.82) is 0 Å². The van der Waals surface area contributed by atoms with Gasteiger partial charge in [0.15, 0.2) is 6.10 Å². The van der Waals surface area contributed by atoms with Gasteiger partial charge in [-0.1, -0.05) is 18.2 Å². The molecule has 4 aromatic heterocycles. The number of para-hydroxylation sites is 1. The Balaban J connectivity index is 1.37. The predicted octanol–water partition coefficient (Wildman–Crippen LogP) is 3.60. The third-order valence-electron chi connectivity index (χ3n) is 6.97. The number of nitrogens with zero attached hydrogens (tertiary/aromatic N) is 6. The lowest BCUT2D eigenvalue weighted by Crippen LogP contribution is -2.52. The smallest absolute Gasteiger partial charge is 0.365 e. The molecule has 1 saturated heterocycles. The first-order chi connectivity index (χ1) is 18.7. The first-order valence-corrected chi connectivity index (χ1v) is 12.3. The second-order valence-electron chi connectivity index (χ2n) is 9.40. The lowest BCUT2D eigenvalue weighted by atomic mass is 10.1. The second kappa shape index (κ2) is 9.38. The lowest BCUT2D eigenvalue weighted by Gasteiger charge is -2.33. The molecule has 1 aliphatic rings. The lowest BCUT2D eigenvalue weighted by molar-refractivity contribution is -0.236. The number of alkyl halides is 3. The molecule has 5 heterocycles. The van der Waals surface area contributed by atoms with Crippen LogP contribution in [0.2, 0.25) is 0 Å². The summed E-state index contributed by atoms with van der Waals surface area (Å²) in [6, 6.07) is 12.8. The number of aromatic nitrogens is 5. The van der Waals surface area contributed by atoms with Crippen LogP contribution in [-0.2, 0) is 16.1 Å². The third-order valence-corrected chi connectivity index (χ3v) is 6.97. The highest BCUT2D eigenvalue weighted by Gasteiger charge is 2.44. The largest absolute Gasteiger partial charge is 0.416 e. The molecule has 1 aromatic carbocycles. The average molecular weight is 537 g/mol. The number of rotatable bonds is 4. The van der Waals surface area contributed by atoms with E-state index < -0.39 is 37.0 Å². The number of aryl methyl sites for hydroxylation is 1. The number of imidazole rings is 2. The SMILES string of the molecule is Cc1cccc2c1n(-c1ccc(-c3cccn4cncc34)cn1)c(=O)n2CC(=O)N1CCOC(C(F)(F)F)C1. The fourth-order valence-corrected chi connectivity index (χ4v) is 5.02. The summed E-state index contributed by atoms with van der Waals surface area (Å²) in [5.74, 6) is -0.231. The molecule has 0 aliphatic carbocycles. The van der Waals surface area contributed by atoms with Crippen LogP contribution >= 0.6 is 0 Å². The van der Waals surface area contributed by atoms with Crippen molar-refractivity contribution in [2.24, 2.45) is 0 Å². The second-order valence-corrected chi connectivity index (χ2v) is 9.40. The molecular weight excluding hydrogens is 513 g/mol. The van der Waals surface area contributed by atoms with Crippen LogP contribution in [0.3, 0.4) is 0 Å². The molecule has 6 rings (SSSR count). The van der Waals surface area contributed by atoms with E-state index in [2.05, 4.69) is 9.97 Å². The molecule has 1 atom stereocenters. The Kier molecular flexibility index (Phi) is 5.98. The summed E-state index contributed by atoms with van der Waals surface area (Å²) >= 11 is 0. The number of halogens is 3. The van der Waals surface area contributed by atoms with E-state index in [0.717, 1.165) is 27.1 Å². The van der Waals surface area contributed by atoms with Gasteiger partial charge >= 0.3 is 11.9 Å². The minimum Gasteiger partial charge on any atom is -0.365 e. The third kappa shape index (κ3) is 4.36. The molecule has 12 heteroatoms. The van der Waals surface area contributed by atoms with E-state index in [9.17, 15) is 22.8 Å². The van der Waals surface area contributed by atoms with Gasteiger partial charge in [0.1, 0.15) is 12.4 Å². The number of hydrogen-bond donors (Lipinski definition) is 0. The maximum Gasteiger partial charge on any atom is 0.416 e. The molecule has 39 heavy (non-hydrogen) atoms. The van der Waals surface area contributed by atoms with Crippen LogP contribution in [0, 0.1) is 6.92 Å². The van der Waals surface area contributed by atoms with Gasteiger partial charge in [0.05, 0.1) is 42.2 Å². The average Bonchev–Trinajstić information content (AvgIpc) is 3.52. The maximum atomic E-state index is 13.7. The quantitative estimate of drug-likeness (QED) is 0.351. The Morgan fingerprint density at radius 2 is 1.95 bits per heavy atom. The van der Waals surface area contributed by atoms with Gasteiger partial charge in [-0.25, -0.2) is 19.3 Å². The Morgan fingerprint density at radius 1 is 1.10 bits per heavy atom. The number of fused-ring (bicyclic) bond motifs is 2. The molecule has 5 aromatic rings. The van der Waals surface area contributed by atoms with E-state index in [1.807, 2.05) is 41.8 Å². The fraction of sp³-hybridized carbons (Fsp3) is 0.259. The summed E-state index contributed by atoms with van der Waals surface area (Å²) in [5.41, 5.74) is 4.01.